The second-order valence-corrected chi connectivity index (χ2v) is 30.4. The zero-order valence-electron chi connectivity index (χ0n) is 61.1. The van der Waals surface area contributed by atoms with Crippen molar-refractivity contribution < 1.29 is 80.2 Å². The molecule has 0 radical (unpaired) electrons. The van der Waals surface area contributed by atoms with Gasteiger partial charge in [0.05, 0.1) is 26.4 Å². The molecule has 0 spiro atoms. The average Bonchev–Trinajstić information content (AvgIpc) is 1.54. The normalized spacial score (nSPS) is 14.0. The van der Waals surface area contributed by atoms with Crippen molar-refractivity contribution in [3.63, 3.8) is 0 Å². The molecule has 5 atom stereocenters. The van der Waals surface area contributed by atoms with Crippen LogP contribution in [0.3, 0.4) is 0 Å². The first-order valence-corrected chi connectivity index (χ1v) is 42.1. The number of unbranched alkanes of at least 4 members (excludes halogenated alkanes) is 47. The van der Waals surface area contributed by atoms with E-state index in [1.165, 1.54) is 212 Å². The fraction of sp³-hybridized carbons (Fsp3) is 0.947. The summed E-state index contributed by atoms with van der Waals surface area (Å²) in [7, 11) is -9.90. The van der Waals surface area contributed by atoms with Gasteiger partial charge in [0, 0.05) is 25.7 Å². The highest BCUT2D eigenvalue weighted by atomic mass is 31.2. The molecular formula is C75H146O17P2. The van der Waals surface area contributed by atoms with E-state index in [2.05, 4.69) is 34.6 Å². The second-order valence-electron chi connectivity index (χ2n) is 27.5. The fourth-order valence-electron chi connectivity index (χ4n) is 11.5. The van der Waals surface area contributed by atoms with Gasteiger partial charge in [-0.15, -0.1) is 0 Å². The van der Waals surface area contributed by atoms with Crippen molar-refractivity contribution in [1.82, 2.24) is 0 Å². The van der Waals surface area contributed by atoms with Crippen LogP contribution in [0.2, 0.25) is 0 Å². The lowest BCUT2D eigenvalue weighted by Gasteiger charge is -2.21. The van der Waals surface area contributed by atoms with Gasteiger partial charge in [-0.3, -0.25) is 37.3 Å². The van der Waals surface area contributed by atoms with Crippen molar-refractivity contribution in [3.05, 3.63) is 0 Å². The second kappa shape index (κ2) is 68.2. The van der Waals surface area contributed by atoms with Crippen LogP contribution < -0.4 is 0 Å². The zero-order chi connectivity index (χ0) is 69.1. The number of carbonyl (C=O) groups is 4. The number of hydrogen-bond acceptors (Lipinski definition) is 15. The van der Waals surface area contributed by atoms with Crippen LogP contribution >= 0.6 is 15.6 Å². The number of aliphatic hydroxyl groups excluding tert-OH is 1. The molecule has 0 heterocycles. The van der Waals surface area contributed by atoms with Crippen molar-refractivity contribution in [3.8, 4) is 0 Å². The molecule has 19 heteroatoms. The van der Waals surface area contributed by atoms with Crippen LogP contribution in [0.4, 0.5) is 0 Å². The van der Waals surface area contributed by atoms with Gasteiger partial charge in [0.2, 0.25) is 0 Å². The van der Waals surface area contributed by atoms with Gasteiger partial charge in [0.15, 0.2) is 12.2 Å². The van der Waals surface area contributed by atoms with E-state index >= 15 is 0 Å². The Morgan fingerprint density at radius 1 is 0.287 bits per heavy atom. The van der Waals surface area contributed by atoms with Crippen molar-refractivity contribution >= 4 is 39.5 Å². The molecule has 0 aliphatic carbocycles. The van der Waals surface area contributed by atoms with Gasteiger partial charge in [-0.25, -0.2) is 9.13 Å². The lowest BCUT2D eigenvalue weighted by Crippen LogP contribution is -2.30. The lowest BCUT2D eigenvalue weighted by atomic mass is 10.0. The first-order valence-electron chi connectivity index (χ1n) is 39.1. The average molecular weight is 1380 g/mol. The van der Waals surface area contributed by atoms with Crippen LogP contribution in [0.15, 0.2) is 0 Å². The maximum absolute atomic E-state index is 13.1. The molecule has 0 aromatic rings. The van der Waals surface area contributed by atoms with Crippen molar-refractivity contribution in [2.75, 3.05) is 39.6 Å². The van der Waals surface area contributed by atoms with Gasteiger partial charge in [-0.2, -0.15) is 0 Å². The van der Waals surface area contributed by atoms with Crippen LogP contribution in [0, 0.1) is 5.92 Å². The molecule has 94 heavy (non-hydrogen) atoms. The highest BCUT2D eigenvalue weighted by Gasteiger charge is 2.30. The minimum atomic E-state index is -4.95. The standard InChI is InChI=1S/C75H146O17P2/c1-6-9-12-15-18-21-23-24-25-26-27-28-29-30-31-32-37-41-46-51-56-61-75(80)92-71(65-86-73(78)59-54-49-44-40-36-34-33-35-38-42-47-52-57-68(4)5)67-90-94(83,84)88-63-69(76)62-87-93(81,82)89-66-70(64-85-72(77)58-53-48-43-20-17-14-11-8-3)91-74(79)60-55-50-45-39-22-19-16-13-10-7-2/h68-71,76H,6-67H2,1-5H3,(H,81,82)(H,83,84)/t69-,70+,71+/m0/s1. The number of esters is 4. The Kier molecular flexibility index (Phi) is 66.8. The molecule has 3 N–H and O–H groups in total. The molecule has 0 aromatic carbocycles. The molecule has 0 fully saturated rings. The maximum Gasteiger partial charge on any atom is 0.472 e. The first-order chi connectivity index (χ1) is 45.5. The van der Waals surface area contributed by atoms with E-state index in [4.69, 9.17) is 37.0 Å². The SMILES string of the molecule is CCCCCCCCCCCCCCCCCCCCCCCC(=O)O[C@H](COC(=O)CCCCCCCCCCCCCCC(C)C)COP(=O)(O)OC[C@@H](O)COP(=O)(O)OC[C@@H](COC(=O)CCCCCCCCCC)OC(=O)CCCCCCCCCCCC. The Labute approximate surface area is 575 Å². The monoisotopic (exact) mass is 1380 g/mol. The van der Waals surface area contributed by atoms with E-state index in [1.807, 2.05) is 0 Å². The smallest absolute Gasteiger partial charge is 0.462 e. The van der Waals surface area contributed by atoms with E-state index < -0.39 is 97.5 Å². The summed E-state index contributed by atoms with van der Waals surface area (Å²) in [5.41, 5.74) is 0. The summed E-state index contributed by atoms with van der Waals surface area (Å²) >= 11 is 0. The molecule has 0 amide bonds. The molecular weight excluding hydrogens is 1230 g/mol. The predicted octanol–water partition coefficient (Wildman–Crippen LogP) is 22.1. The van der Waals surface area contributed by atoms with E-state index in [0.717, 1.165) is 102 Å². The minimum absolute atomic E-state index is 0.107. The van der Waals surface area contributed by atoms with E-state index in [0.29, 0.717) is 25.7 Å². The van der Waals surface area contributed by atoms with Crippen LogP contribution in [0.25, 0.3) is 0 Å². The largest absolute Gasteiger partial charge is 0.472 e. The number of rotatable bonds is 75. The summed E-state index contributed by atoms with van der Waals surface area (Å²) < 4.78 is 68.4. The van der Waals surface area contributed by atoms with Crippen molar-refractivity contribution in [2.45, 2.75) is 412 Å². The molecule has 0 saturated carbocycles. The highest BCUT2D eigenvalue weighted by molar-refractivity contribution is 7.47. The summed E-state index contributed by atoms with van der Waals surface area (Å²) in [6, 6.07) is 0. The summed E-state index contributed by atoms with van der Waals surface area (Å²) in [4.78, 5) is 72.6. The van der Waals surface area contributed by atoms with Crippen molar-refractivity contribution in [1.29, 1.82) is 0 Å². The number of phosphoric acid groups is 2. The van der Waals surface area contributed by atoms with Crippen LogP contribution in [0.1, 0.15) is 394 Å². The van der Waals surface area contributed by atoms with Crippen LogP contribution in [-0.2, 0) is 65.4 Å². The predicted molar refractivity (Wildman–Crippen MR) is 382 cm³/mol. The Morgan fingerprint density at radius 2 is 0.489 bits per heavy atom. The summed E-state index contributed by atoms with van der Waals surface area (Å²) in [6.45, 7) is 7.26. The Bertz CT molecular complexity index is 1810. The molecule has 558 valence electrons. The highest BCUT2D eigenvalue weighted by Crippen LogP contribution is 2.45. The minimum Gasteiger partial charge on any atom is -0.462 e. The van der Waals surface area contributed by atoms with Gasteiger partial charge in [-0.1, -0.05) is 343 Å². The number of phosphoric ester groups is 2. The molecule has 0 aliphatic heterocycles. The van der Waals surface area contributed by atoms with Gasteiger partial charge in [0.25, 0.3) is 0 Å². The topological polar surface area (TPSA) is 237 Å². The molecule has 0 aliphatic rings. The number of ether oxygens (including phenoxy) is 4. The fourth-order valence-corrected chi connectivity index (χ4v) is 13.1. The Balaban J connectivity index is 5.16. The maximum atomic E-state index is 13.1. The molecule has 0 bridgehead atoms. The van der Waals surface area contributed by atoms with Crippen LogP contribution in [0.5, 0.6) is 0 Å². The molecule has 0 aromatic heterocycles. The van der Waals surface area contributed by atoms with Gasteiger partial charge >= 0.3 is 39.5 Å². The molecule has 2 unspecified atom stereocenters. The third-order valence-electron chi connectivity index (χ3n) is 17.5. The summed E-state index contributed by atoms with van der Waals surface area (Å²) in [5.74, 6) is -1.34. The van der Waals surface area contributed by atoms with E-state index in [-0.39, 0.29) is 25.7 Å². The summed E-state index contributed by atoms with van der Waals surface area (Å²) in [6.07, 6.45) is 57.0. The molecule has 17 nitrogen and oxygen atoms in total. The summed E-state index contributed by atoms with van der Waals surface area (Å²) in [5, 5.41) is 10.6. The van der Waals surface area contributed by atoms with Crippen LogP contribution in [-0.4, -0.2) is 96.7 Å². The number of carbonyl (C=O) groups excluding carboxylic acids is 4. The molecule has 0 rings (SSSR count). The Hall–Kier alpha value is -1.94. The van der Waals surface area contributed by atoms with Gasteiger partial charge in [-0.05, 0) is 31.6 Å². The van der Waals surface area contributed by atoms with E-state index in [1.54, 1.807) is 0 Å². The zero-order valence-corrected chi connectivity index (χ0v) is 62.9. The van der Waals surface area contributed by atoms with Gasteiger partial charge < -0.3 is 33.8 Å². The Morgan fingerprint density at radius 3 is 0.723 bits per heavy atom. The third kappa shape index (κ3) is 68.6. The molecule has 0 saturated heterocycles. The quantitative estimate of drug-likeness (QED) is 0.0222. The van der Waals surface area contributed by atoms with E-state index in [9.17, 15) is 43.2 Å². The first kappa shape index (κ1) is 92.1. The lowest BCUT2D eigenvalue weighted by molar-refractivity contribution is -0.161. The number of aliphatic hydroxyl groups is 1. The third-order valence-corrected chi connectivity index (χ3v) is 19.4. The van der Waals surface area contributed by atoms with Gasteiger partial charge in [0.1, 0.15) is 19.3 Å². The van der Waals surface area contributed by atoms with Crippen molar-refractivity contribution in [2.24, 2.45) is 5.92 Å². The number of hydrogen-bond donors (Lipinski definition) is 3.